The first kappa shape index (κ1) is 49.5. The van der Waals surface area contributed by atoms with Gasteiger partial charge in [0.1, 0.15) is 12.4 Å². The van der Waals surface area contributed by atoms with Crippen LogP contribution in [0.15, 0.2) is 24.3 Å². The highest BCUT2D eigenvalue weighted by atomic mass is 16.6. The average Bonchev–Trinajstić information content (AvgIpc) is 3.10. The quantitative estimate of drug-likeness (QED) is 0.0381. The minimum absolute atomic E-state index is 0.0410. The van der Waals surface area contributed by atoms with Crippen LogP contribution in [-0.4, -0.2) is 61.9 Å². The van der Waals surface area contributed by atoms with Crippen molar-refractivity contribution in [2.24, 2.45) is 11.7 Å². The van der Waals surface area contributed by atoms with Crippen LogP contribution in [0.1, 0.15) is 194 Å². The molecule has 52 heavy (non-hydrogen) atoms. The third kappa shape index (κ3) is 32.2. The Morgan fingerprint density at radius 1 is 0.538 bits per heavy atom. The normalized spacial score (nSPS) is 12.9. The first-order valence-corrected chi connectivity index (χ1v) is 21.3. The highest BCUT2D eigenvalue weighted by Crippen LogP contribution is 2.20. The smallest absolute Gasteiger partial charge is 0.405 e. The number of carbonyl (C=O) groups excluding carboxylic acids is 4. The van der Waals surface area contributed by atoms with Crippen molar-refractivity contribution in [3.05, 3.63) is 24.3 Å². The zero-order valence-electron chi connectivity index (χ0n) is 34.2. The van der Waals surface area contributed by atoms with E-state index in [2.05, 4.69) is 38.2 Å². The lowest BCUT2D eigenvalue weighted by Gasteiger charge is -2.25. The Kier molecular flexibility index (Phi) is 35.1. The number of carbonyl (C=O) groups is 4. The lowest BCUT2D eigenvalue weighted by Crippen LogP contribution is -2.43. The largest absolute Gasteiger partial charge is 0.464 e. The number of esters is 1. The van der Waals surface area contributed by atoms with Gasteiger partial charge in [0.05, 0.1) is 12.5 Å². The van der Waals surface area contributed by atoms with Crippen LogP contribution in [0.2, 0.25) is 0 Å². The lowest BCUT2D eigenvalue weighted by molar-refractivity contribution is -0.151. The van der Waals surface area contributed by atoms with Crippen molar-refractivity contribution in [1.82, 2.24) is 4.90 Å². The first-order valence-electron chi connectivity index (χ1n) is 21.3. The van der Waals surface area contributed by atoms with Gasteiger partial charge in [-0.05, 0) is 78.3 Å². The average molecular weight is 733 g/mol. The second-order valence-corrected chi connectivity index (χ2v) is 15.0. The Morgan fingerprint density at radius 3 is 1.29 bits per heavy atom. The number of unbranched alkanes of at least 4 members (excludes halogenated alkanes) is 22. The summed E-state index contributed by atoms with van der Waals surface area (Å²) < 4.78 is 10.7. The van der Waals surface area contributed by atoms with Crippen LogP contribution in [0.25, 0.3) is 0 Å². The van der Waals surface area contributed by atoms with Gasteiger partial charge in [-0.2, -0.15) is 0 Å². The highest BCUT2D eigenvalue weighted by Gasteiger charge is 2.36. The fourth-order valence-electron chi connectivity index (χ4n) is 6.40. The zero-order chi connectivity index (χ0) is 38.5. The van der Waals surface area contributed by atoms with E-state index in [0.717, 1.165) is 64.2 Å². The summed E-state index contributed by atoms with van der Waals surface area (Å²) in [4.78, 5) is 52.7. The highest BCUT2D eigenvalue weighted by molar-refractivity contribution is 5.93. The van der Waals surface area contributed by atoms with Gasteiger partial charge in [0.2, 0.25) is 0 Å². The Morgan fingerprint density at radius 2 is 0.904 bits per heavy atom. The fourth-order valence-corrected chi connectivity index (χ4v) is 6.40. The van der Waals surface area contributed by atoms with Crippen LogP contribution in [0.5, 0.6) is 0 Å². The molecule has 2 atom stereocenters. The molecule has 0 rings (SSSR count). The van der Waals surface area contributed by atoms with E-state index in [1.165, 1.54) is 89.9 Å². The summed E-state index contributed by atoms with van der Waals surface area (Å²) in [6.45, 7) is 4.22. The van der Waals surface area contributed by atoms with Crippen molar-refractivity contribution in [3.63, 3.8) is 0 Å². The molecule has 1 amide bonds. The van der Waals surface area contributed by atoms with Crippen LogP contribution in [0.4, 0.5) is 4.79 Å². The molecule has 0 aromatic rings. The van der Waals surface area contributed by atoms with Crippen molar-refractivity contribution in [2.45, 2.75) is 200 Å². The molecule has 8 nitrogen and oxygen atoms in total. The van der Waals surface area contributed by atoms with E-state index in [1.807, 2.05) is 0 Å². The van der Waals surface area contributed by atoms with Crippen LogP contribution >= 0.6 is 0 Å². The molecule has 2 unspecified atom stereocenters. The minimum atomic E-state index is -1.35. The fraction of sp³-hybridized carbons (Fsp3) is 0.818. The molecule has 0 aromatic carbocycles. The Balaban J connectivity index is 4.67. The molecule has 0 saturated heterocycles. The van der Waals surface area contributed by atoms with Crippen LogP contribution in [0.3, 0.4) is 0 Å². The molecule has 302 valence electrons. The molecule has 0 heterocycles. The molecule has 2 N–H and O–H groups in total. The van der Waals surface area contributed by atoms with E-state index in [0.29, 0.717) is 12.8 Å². The van der Waals surface area contributed by atoms with Crippen LogP contribution in [0, 0.1) is 5.92 Å². The minimum Gasteiger partial charge on any atom is -0.464 e. The molecule has 0 aliphatic carbocycles. The van der Waals surface area contributed by atoms with Gasteiger partial charge in [0.15, 0.2) is 11.9 Å². The first-order chi connectivity index (χ1) is 25.2. The summed E-state index contributed by atoms with van der Waals surface area (Å²) in [6.07, 6.45) is 37.1. The molecule has 8 heteroatoms. The van der Waals surface area contributed by atoms with E-state index in [4.69, 9.17) is 15.2 Å². The monoisotopic (exact) mass is 733 g/mol. The van der Waals surface area contributed by atoms with E-state index in [9.17, 15) is 19.2 Å². The number of allylic oxidation sites excluding steroid dienone is 4. The van der Waals surface area contributed by atoms with E-state index in [-0.39, 0.29) is 37.6 Å². The lowest BCUT2D eigenvalue weighted by atomic mass is 9.89. The Labute approximate surface area is 319 Å². The zero-order valence-corrected chi connectivity index (χ0v) is 34.2. The van der Waals surface area contributed by atoms with Gasteiger partial charge >= 0.3 is 12.1 Å². The van der Waals surface area contributed by atoms with Crippen LogP contribution in [-0.2, 0) is 23.9 Å². The molecule has 0 bridgehead atoms. The third-order valence-electron chi connectivity index (χ3n) is 9.58. The number of likely N-dealkylation sites (N-methyl/N-ethyl adjacent to an activating group) is 1. The van der Waals surface area contributed by atoms with Gasteiger partial charge in [0, 0.05) is 12.8 Å². The van der Waals surface area contributed by atoms with Gasteiger partial charge in [-0.25, -0.2) is 4.79 Å². The maximum atomic E-state index is 13.5. The molecule has 0 aliphatic rings. The summed E-state index contributed by atoms with van der Waals surface area (Å²) in [5.74, 6) is -2.15. The summed E-state index contributed by atoms with van der Waals surface area (Å²) in [7, 11) is 3.49. The Hall–Kier alpha value is -2.48. The van der Waals surface area contributed by atoms with Crippen molar-refractivity contribution >= 4 is 23.6 Å². The van der Waals surface area contributed by atoms with Gasteiger partial charge < -0.3 is 15.2 Å². The van der Waals surface area contributed by atoms with Crippen molar-refractivity contribution in [3.8, 4) is 0 Å². The van der Waals surface area contributed by atoms with E-state index >= 15 is 0 Å². The number of nitrogens with two attached hydrogens (primary N) is 1. The van der Waals surface area contributed by atoms with Gasteiger partial charge in [-0.1, -0.05) is 141 Å². The number of hydrogen-bond donors (Lipinski definition) is 1. The Bertz CT molecular complexity index is 947. The number of ether oxygens (including phenoxy) is 2. The third-order valence-corrected chi connectivity index (χ3v) is 9.58. The summed E-state index contributed by atoms with van der Waals surface area (Å²) in [5.41, 5.74) is 5.36. The number of ketones is 2. The molecule has 0 aliphatic heterocycles. The maximum absolute atomic E-state index is 13.5. The van der Waals surface area contributed by atoms with E-state index < -0.39 is 24.1 Å². The number of amides is 1. The van der Waals surface area contributed by atoms with Gasteiger partial charge in [0.25, 0.3) is 0 Å². The summed E-state index contributed by atoms with van der Waals surface area (Å²) in [6, 6.07) is 0. The molecule has 0 saturated carbocycles. The molecular weight excluding hydrogens is 652 g/mol. The molecular formula is C44H80N2O6. The summed E-state index contributed by atoms with van der Waals surface area (Å²) in [5, 5.41) is 0. The predicted molar refractivity (Wildman–Crippen MR) is 216 cm³/mol. The predicted octanol–water partition coefficient (Wildman–Crippen LogP) is 11.4. The SMILES string of the molecule is CCCCCCCC/C=C\CCCCCCCC(=O)C(COC(=O)CN(C)C)C(OC(N)=O)C(=O)CCCCCCC/C=C\CCCCCCCC. The van der Waals surface area contributed by atoms with Crippen molar-refractivity contribution in [1.29, 1.82) is 0 Å². The number of Topliss-reactive ketones (excluding diaryl/α,β-unsaturated/α-hetero) is 2. The van der Waals surface area contributed by atoms with Crippen molar-refractivity contribution in [2.75, 3.05) is 27.2 Å². The van der Waals surface area contributed by atoms with Gasteiger partial charge in [-0.3, -0.25) is 19.3 Å². The molecule has 0 aromatic heterocycles. The van der Waals surface area contributed by atoms with Crippen LogP contribution < -0.4 is 5.73 Å². The second kappa shape index (κ2) is 36.9. The number of primary amides is 1. The molecule has 0 spiro atoms. The standard InChI is InChI=1S/C44H80N2O6/c1-5-7-9-11-13-15-17-19-21-23-25-27-29-31-33-35-40(47)39(38-51-42(49)37-46(3)4)43(52-44(45)50)41(48)36-34-32-30-28-26-24-22-20-18-16-14-12-10-8-6-2/h19-22,39,43H,5-18,23-38H2,1-4H3,(H2,45,50)/b21-19-,22-20-. The topological polar surface area (TPSA) is 116 Å². The molecule has 0 radical (unpaired) electrons. The number of nitrogens with zero attached hydrogens (tertiary/aromatic N) is 1. The second-order valence-electron chi connectivity index (χ2n) is 15.0. The number of hydrogen-bond acceptors (Lipinski definition) is 7. The number of rotatable bonds is 38. The molecule has 0 fully saturated rings. The van der Waals surface area contributed by atoms with Crippen molar-refractivity contribution < 1.29 is 28.7 Å². The maximum Gasteiger partial charge on any atom is 0.405 e. The van der Waals surface area contributed by atoms with Gasteiger partial charge in [-0.15, -0.1) is 0 Å². The van der Waals surface area contributed by atoms with E-state index in [1.54, 1.807) is 19.0 Å². The summed E-state index contributed by atoms with van der Waals surface area (Å²) >= 11 is 0.